The summed E-state index contributed by atoms with van der Waals surface area (Å²) in [6, 6.07) is 3.57. The Kier molecular flexibility index (Phi) is 5.47. The second-order valence-electron chi connectivity index (χ2n) is 5.79. The van der Waals surface area contributed by atoms with Gasteiger partial charge in [0.2, 0.25) is 5.89 Å². The van der Waals surface area contributed by atoms with Crippen molar-refractivity contribution in [1.29, 1.82) is 10.5 Å². The van der Waals surface area contributed by atoms with E-state index in [0.29, 0.717) is 5.89 Å². The van der Waals surface area contributed by atoms with Gasteiger partial charge in [0.15, 0.2) is 11.2 Å². The van der Waals surface area contributed by atoms with Crippen molar-refractivity contribution in [3.63, 3.8) is 0 Å². The summed E-state index contributed by atoms with van der Waals surface area (Å²) < 4.78 is 41.5. The maximum absolute atomic E-state index is 12.2. The van der Waals surface area contributed by atoms with E-state index in [1.807, 2.05) is 20.8 Å². The molecule has 0 atom stereocenters. The van der Waals surface area contributed by atoms with Gasteiger partial charge in [-0.3, -0.25) is 0 Å². The lowest BCUT2D eigenvalue weighted by atomic mass is 9.85. The molecule has 0 N–H and O–H groups in total. The molecule has 0 bridgehead atoms. The molecule has 9 heteroatoms. The first-order chi connectivity index (χ1) is 10.0. The van der Waals surface area contributed by atoms with Crippen molar-refractivity contribution in [1.82, 2.24) is 10.1 Å². The van der Waals surface area contributed by atoms with Crippen molar-refractivity contribution in [2.45, 2.75) is 44.5 Å². The van der Waals surface area contributed by atoms with Gasteiger partial charge in [-0.15, -0.1) is 0 Å². The molecule has 0 saturated carbocycles. The predicted molar refractivity (Wildman–Crippen MR) is 73.5 cm³/mol. The SMILES string of the molecule is CC(C)(C)c1nc(CC(C#N)(C#N)CCSC(F)(F)F)no1. The van der Waals surface area contributed by atoms with Gasteiger partial charge in [-0.1, -0.05) is 37.7 Å². The van der Waals surface area contributed by atoms with Crippen molar-refractivity contribution < 1.29 is 17.7 Å². The Hall–Kier alpha value is -1.74. The summed E-state index contributed by atoms with van der Waals surface area (Å²) in [6.45, 7) is 5.56. The zero-order chi connectivity index (χ0) is 17.0. The Labute approximate surface area is 130 Å². The van der Waals surface area contributed by atoms with Crippen LogP contribution in [-0.4, -0.2) is 21.4 Å². The Balaban J connectivity index is 2.82. The molecule has 0 radical (unpaired) electrons. The number of nitrogens with zero attached hydrogens (tertiary/aromatic N) is 4. The van der Waals surface area contributed by atoms with Crippen LogP contribution in [-0.2, 0) is 11.8 Å². The number of hydrogen-bond acceptors (Lipinski definition) is 6. The highest BCUT2D eigenvalue weighted by atomic mass is 32.2. The highest BCUT2D eigenvalue weighted by Gasteiger charge is 2.36. The average Bonchev–Trinajstić information content (AvgIpc) is 2.84. The predicted octanol–water partition coefficient (Wildman–Crippen LogP) is 3.59. The third-order valence-corrected chi connectivity index (χ3v) is 3.53. The molecule has 0 fully saturated rings. The minimum atomic E-state index is -4.39. The van der Waals surface area contributed by atoms with E-state index in [-0.39, 0.29) is 41.6 Å². The monoisotopic (exact) mass is 332 g/mol. The summed E-state index contributed by atoms with van der Waals surface area (Å²) in [7, 11) is 0. The van der Waals surface area contributed by atoms with E-state index >= 15 is 0 Å². The lowest BCUT2D eigenvalue weighted by Crippen LogP contribution is -2.22. The van der Waals surface area contributed by atoms with Crippen molar-refractivity contribution in [3.8, 4) is 12.1 Å². The maximum atomic E-state index is 12.2. The first-order valence-corrected chi connectivity index (χ1v) is 7.36. The molecule has 1 heterocycles. The minimum Gasteiger partial charge on any atom is -0.339 e. The van der Waals surface area contributed by atoms with E-state index in [1.165, 1.54) is 0 Å². The largest absolute Gasteiger partial charge is 0.441 e. The van der Waals surface area contributed by atoms with E-state index in [2.05, 4.69) is 10.1 Å². The Bertz CT molecular complexity index is 578. The molecule has 0 aliphatic heterocycles. The van der Waals surface area contributed by atoms with Gasteiger partial charge in [0, 0.05) is 17.6 Å². The number of nitriles is 2. The molecule has 0 amide bonds. The fourth-order valence-corrected chi connectivity index (χ4v) is 2.23. The smallest absolute Gasteiger partial charge is 0.339 e. The second kappa shape index (κ2) is 6.57. The summed E-state index contributed by atoms with van der Waals surface area (Å²) in [6.07, 6.45) is -0.401. The van der Waals surface area contributed by atoms with E-state index in [1.54, 1.807) is 12.1 Å². The summed E-state index contributed by atoms with van der Waals surface area (Å²) in [5.41, 5.74) is -6.38. The van der Waals surface area contributed by atoms with Gasteiger partial charge in [-0.05, 0) is 6.42 Å². The van der Waals surface area contributed by atoms with Crippen LogP contribution in [0.4, 0.5) is 13.2 Å². The molecule has 120 valence electrons. The molecule has 0 aliphatic rings. The fraction of sp³-hybridized carbons (Fsp3) is 0.692. The van der Waals surface area contributed by atoms with Gasteiger partial charge in [0.1, 0.15) is 0 Å². The number of rotatable bonds is 5. The maximum Gasteiger partial charge on any atom is 0.441 e. The molecule has 0 unspecified atom stereocenters. The third kappa shape index (κ3) is 5.23. The lowest BCUT2D eigenvalue weighted by Gasteiger charge is -2.16. The van der Waals surface area contributed by atoms with Crippen LogP contribution in [0, 0.1) is 28.1 Å². The van der Waals surface area contributed by atoms with Crippen molar-refractivity contribution >= 4 is 11.8 Å². The van der Waals surface area contributed by atoms with Crippen LogP contribution >= 0.6 is 11.8 Å². The molecule has 0 spiro atoms. The number of hydrogen-bond donors (Lipinski definition) is 0. The molecule has 1 aromatic heterocycles. The van der Waals surface area contributed by atoms with Gasteiger partial charge in [0.25, 0.3) is 0 Å². The van der Waals surface area contributed by atoms with Crippen LogP contribution in [0.25, 0.3) is 0 Å². The molecule has 22 heavy (non-hydrogen) atoms. The van der Waals surface area contributed by atoms with Crippen molar-refractivity contribution in [2.24, 2.45) is 5.41 Å². The Morgan fingerprint density at radius 1 is 1.18 bits per heavy atom. The number of halogens is 3. The van der Waals surface area contributed by atoms with E-state index in [9.17, 15) is 23.7 Å². The van der Waals surface area contributed by atoms with Crippen LogP contribution in [0.3, 0.4) is 0 Å². The van der Waals surface area contributed by atoms with E-state index in [0.717, 1.165) is 0 Å². The summed E-state index contributed by atoms with van der Waals surface area (Å²) >= 11 is -0.255. The lowest BCUT2D eigenvalue weighted by molar-refractivity contribution is -0.0328. The summed E-state index contributed by atoms with van der Waals surface area (Å²) in [4.78, 5) is 4.11. The molecular weight excluding hydrogens is 317 g/mol. The third-order valence-electron chi connectivity index (χ3n) is 2.79. The summed E-state index contributed by atoms with van der Waals surface area (Å²) in [5.74, 6) is 0.108. The Morgan fingerprint density at radius 2 is 1.77 bits per heavy atom. The highest BCUT2D eigenvalue weighted by molar-refractivity contribution is 8.00. The zero-order valence-corrected chi connectivity index (χ0v) is 13.2. The van der Waals surface area contributed by atoms with Gasteiger partial charge < -0.3 is 4.52 Å². The van der Waals surface area contributed by atoms with Crippen LogP contribution in [0.2, 0.25) is 0 Å². The van der Waals surface area contributed by atoms with E-state index < -0.39 is 10.9 Å². The van der Waals surface area contributed by atoms with Crippen LogP contribution in [0.15, 0.2) is 4.52 Å². The molecule has 0 saturated heterocycles. The van der Waals surface area contributed by atoms with Gasteiger partial charge in [0.05, 0.1) is 12.1 Å². The molecule has 0 aromatic carbocycles. The van der Waals surface area contributed by atoms with E-state index in [4.69, 9.17) is 4.52 Å². The first kappa shape index (κ1) is 18.3. The number of alkyl halides is 3. The normalized spacial score (nSPS) is 12.7. The van der Waals surface area contributed by atoms with Crippen molar-refractivity contribution in [3.05, 3.63) is 11.7 Å². The van der Waals surface area contributed by atoms with Crippen LogP contribution in [0.1, 0.15) is 38.9 Å². The van der Waals surface area contributed by atoms with Crippen molar-refractivity contribution in [2.75, 3.05) is 5.75 Å². The molecular formula is C13H15F3N4OS. The Morgan fingerprint density at radius 3 is 2.18 bits per heavy atom. The first-order valence-electron chi connectivity index (χ1n) is 6.38. The molecule has 1 aromatic rings. The second-order valence-corrected chi connectivity index (χ2v) is 6.95. The average molecular weight is 332 g/mol. The van der Waals surface area contributed by atoms with Crippen LogP contribution < -0.4 is 0 Å². The standard InChI is InChI=1S/C13H15F3N4OS/c1-11(2,3)10-19-9(20-21-10)6-12(7-17,8-18)4-5-22-13(14,15)16/h4-6H2,1-3H3. The van der Waals surface area contributed by atoms with Gasteiger partial charge in [-0.2, -0.15) is 28.7 Å². The number of aromatic nitrogens is 2. The fourth-order valence-electron chi connectivity index (χ4n) is 1.55. The molecule has 1 rings (SSSR count). The minimum absolute atomic E-state index is 0.144. The van der Waals surface area contributed by atoms with Gasteiger partial charge in [-0.25, -0.2) is 0 Å². The topological polar surface area (TPSA) is 86.5 Å². The number of thioether (sulfide) groups is 1. The molecule has 0 aliphatic carbocycles. The quantitative estimate of drug-likeness (QED) is 0.819. The highest BCUT2D eigenvalue weighted by Crippen LogP contribution is 2.34. The van der Waals surface area contributed by atoms with Gasteiger partial charge >= 0.3 is 5.51 Å². The van der Waals surface area contributed by atoms with Crippen LogP contribution in [0.5, 0.6) is 0 Å². The zero-order valence-electron chi connectivity index (χ0n) is 12.4. The summed E-state index contributed by atoms with van der Waals surface area (Å²) in [5, 5.41) is 22.1. The molecule has 5 nitrogen and oxygen atoms in total.